The maximum absolute atomic E-state index is 12.0. The molecule has 0 unspecified atom stereocenters. The van der Waals surface area contributed by atoms with Crippen LogP contribution in [0.5, 0.6) is 11.5 Å². The van der Waals surface area contributed by atoms with Crippen molar-refractivity contribution in [3.8, 4) is 11.5 Å². The second-order valence-corrected chi connectivity index (χ2v) is 5.19. The number of rotatable bonds is 5. The first-order valence-electron chi connectivity index (χ1n) is 7.30. The Bertz CT molecular complexity index is 735. The molecule has 25 heavy (non-hydrogen) atoms. The molecule has 0 atom stereocenters. The summed E-state index contributed by atoms with van der Waals surface area (Å²) in [5.41, 5.74) is 5.18. The molecule has 0 spiro atoms. The summed E-state index contributed by atoms with van der Waals surface area (Å²) in [4.78, 5) is 23.7. The maximum atomic E-state index is 12.0. The van der Waals surface area contributed by atoms with Gasteiger partial charge in [-0.2, -0.15) is 0 Å². The summed E-state index contributed by atoms with van der Waals surface area (Å²) in [5.74, 6) is 0.371. The quantitative estimate of drug-likeness (QED) is 0.553. The van der Waals surface area contributed by atoms with Gasteiger partial charge in [-0.25, -0.2) is 0 Å². The van der Waals surface area contributed by atoms with Crippen LogP contribution in [-0.4, -0.2) is 30.6 Å². The predicted molar refractivity (Wildman–Crippen MR) is 96.3 cm³/mol. The molecule has 2 rings (SSSR count). The van der Waals surface area contributed by atoms with Crippen molar-refractivity contribution in [2.75, 3.05) is 13.7 Å². The first kappa shape index (κ1) is 18.2. The van der Waals surface area contributed by atoms with Crippen LogP contribution in [0.1, 0.15) is 10.4 Å². The van der Waals surface area contributed by atoms with E-state index < -0.39 is 11.8 Å². The minimum atomic E-state index is -0.440. The van der Waals surface area contributed by atoms with E-state index >= 15 is 0 Å². The number of amides is 2. The number of hydrazine groups is 1. The van der Waals surface area contributed by atoms with Crippen LogP contribution in [-0.2, 0) is 4.79 Å². The fourth-order valence-electron chi connectivity index (χ4n) is 1.78. The summed E-state index contributed by atoms with van der Waals surface area (Å²) in [6.07, 6.45) is 0. The Kier molecular flexibility index (Phi) is 6.73. The van der Waals surface area contributed by atoms with Crippen LogP contribution in [0.3, 0.4) is 0 Å². The SMILES string of the molecule is COc1ccc(C(=O)NC(=S)NNC(=O)COc2ccccc2)cc1. The summed E-state index contributed by atoms with van der Waals surface area (Å²) in [6, 6.07) is 15.4. The molecule has 7 nitrogen and oxygen atoms in total. The molecule has 0 aromatic heterocycles. The zero-order valence-electron chi connectivity index (χ0n) is 13.4. The minimum Gasteiger partial charge on any atom is -0.497 e. The van der Waals surface area contributed by atoms with E-state index in [9.17, 15) is 9.59 Å². The van der Waals surface area contributed by atoms with Crippen LogP contribution in [0, 0.1) is 0 Å². The fraction of sp³-hybridized carbons (Fsp3) is 0.118. The molecule has 0 heterocycles. The molecule has 8 heteroatoms. The molecule has 130 valence electrons. The molecular formula is C17H17N3O4S. The van der Waals surface area contributed by atoms with Crippen LogP contribution in [0.4, 0.5) is 0 Å². The van der Waals surface area contributed by atoms with Crippen molar-refractivity contribution in [3.05, 3.63) is 60.2 Å². The van der Waals surface area contributed by atoms with Crippen molar-refractivity contribution in [2.45, 2.75) is 0 Å². The van der Waals surface area contributed by atoms with Gasteiger partial charge in [0.15, 0.2) is 11.7 Å². The Hall–Kier alpha value is -3.13. The summed E-state index contributed by atoms with van der Waals surface area (Å²) >= 11 is 4.95. The average Bonchev–Trinajstić information content (AvgIpc) is 2.65. The number of thiocarbonyl (C=S) groups is 1. The maximum Gasteiger partial charge on any atom is 0.276 e. The molecule has 2 aromatic carbocycles. The van der Waals surface area contributed by atoms with Crippen molar-refractivity contribution in [1.29, 1.82) is 0 Å². The number of nitrogens with one attached hydrogen (secondary N) is 3. The first-order chi connectivity index (χ1) is 12.1. The van der Waals surface area contributed by atoms with Gasteiger partial charge in [-0.05, 0) is 48.6 Å². The lowest BCUT2D eigenvalue weighted by Gasteiger charge is -2.11. The third-order valence-corrected chi connectivity index (χ3v) is 3.21. The number of carbonyl (C=O) groups excluding carboxylic acids is 2. The topological polar surface area (TPSA) is 88.7 Å². The number of ether oxygens (including phenoxy) is 2. The van der Waals surface area contributed by atoms with E-state index in [-0.39, 0.29) is 11.7 Å². The van der Waals surface area contributed by atoms with Gasteiger partial charge in [-0.15, -0.1) is 0 Å². The molecule has 3 N–H and O–H groups in total. The lowest BCUT2D eigenvalue weighted by Crippen LogP contribution is -2.49. The molecule has 0 aliphatic carbocycles. The van der Waals surface area contributed by atoms with E-state index in [1.165, 1.54) is 7.11 Å². The average molecular weight is 359 g/mol. The van der Waals surface area contributed by atoms with Crippen LogP contribution >= 0.6 is 12.2 Å². The van der Waals surface area contributed by atoms with Crippen molar-refractivity contribution < 1.29 is 19.1 Å². The molecule has 0 fully saturated rings. The zero-order chi connectivity index (χ0) is 18.1. The Morgan fingerprint density at radius 1 is 0.960 bits per heavy atom. The van der Waals surface area contributed by atoms with Crippen molar-refractivity contribution in [2.24, 2.45) is 0 Å². The Labute approximate surface area is 150 Å². The van der Waals surface area contributed by atoms with Crippen LogP contribution < -0.4 is 25.6 Å². The molecule has 0 saturated heterocycles. The third-order valence-electron chi connectivity index (χ3n) is 3.01. The Balaban J connectivity index is 1.72. The summed E-state index contributed by atoms with van der Waals surface area (Å²) in [7, 11) is 1.54. The van der Waals surface area contributed by atoms with Crippen LogP contribution in [0.25, 0.3) is 0 Å². The highest BCUT2D eigenvalue weighted by atomic mass is 32.1. The van der Waals surface area contributed by atoms with Gasteiger partial charge in [0.1, 0.15) is 11.5 Å². The van der Waals surface area contributed by atoms with Gasteiger partial charge in [-0.3, -0.25) is 25.8 Å². The number of methoxy groups -OCH3 is 1. The second kappa shape index (κ2) is 9.24. The van der Waals surface area contributed by atoms with Crippen molar-refractivity contribution in [1.82, 2.24) is 16.2 Å². The number of carbonyl (C=O) groups is 2. The standard InChI is InChI=1S/C17H17N3O4S/c1-23-13-9-7-12(8-10-13)16(22)18-17(25)20-19-15(21)11-24-14-5-3-2-4-6-14/h2-10H,11H2,1H3,(H,19,21)(H2,18,20,22,25). The van der Waals surface area contributed by atoms with E-state index in [4.69, 9.17) is 21.7 Å². The molecule has 2 aromatic rings. The lowest BCUT2D eigenvalue weighted by atomic mass is 10.2. The van der Waals surface area contributed by atoms with Crippen LogP contribution in [0.15, 0.2) is 54.6 Å². The van der Waals surface area contributed by atoms with Gasteiger partial charge in [-0.1, -0.05) is 18.2 Å². The van der Waals surface area contributed by atoms with E-state index in [0.29, 0.717) is 17.1 Å². The highest BCUT2D eigenvalue weighted by Crippen LogP contribution is 2.11. The summed E-state index contributed by atoms with van der Waals surface area (Å²) in [6.45, 7) is -0.188. The van der Waals surface area contributed by atoms with E-state index in [0.717, 1.165) is 0 Å². The summed E-state index contributed by atoms with van der Waals surface area (Å²) in [5, 5.41) is 2.41. The third kappa shape index (κ3) is 6.11. The molecule has 0 aliphatic rings. The van der Waals surface area contributed by atoms with Crippen LogP contribution in [0.2, 0.25) is 0 Å². The van der Waals surface area contributed by atoms with E-state index in [1.54, 1.807) is 48.5 Å². The first-order valence-corrected chi connectivity index (χ1v) is 7.71. The number of hydrogen-bond donors (Lipinski definition) is 3. The molecule has 0 bridgehead atoms. The second-order valence-electron chi connectivity index (χ2n) is 4.79. The van der Waals surface area contributed by atoms with Gasteiger partial charge in [0.2, 0.25) is 0 Å². The Morgan fingerprint density at radius 2 is 1.64 bits per heavy atom. The number of hydrogen-bond acceptors (Lipinski definition) is 5. The predicted octanol–water partition coefficient (Wildman–Crippen LogP) is 1.41. The number of para-hydroxylation sites is 1. The minimum absolute atomic E-state index is 0.0334. The fourth-order valence-corrected chi connectivity index (χ4v) is 1.92. The summed E-state index contributed by atoms with van der Waals surface area (Å²) < 4.78 is 10.3. The molecule has 0 radical (unpaired) electrons. The highest BCUT2D eigenvalue weighted by molar-refractivity contribution is 7.80. The van der Waals surface area contributed by atoms with Crippen molar-refractivity contribution in [3.63, 3.8) is 0 Å². The van der Waals surface area contributed by atoms with E-state index in [2.05, 4.69) is 16.2 Å². The largest absolute Gasteiger partial charge is 0.497 e. The van der Waals surface area contributed by atoms with Gasteiger partial charge < -0.3 is 9.47 Å². The Morgan fingerprint density at radius 3 is 2.28 bits per heavy atom. The molecule has 2 amide bonds. The van der Waals surface area contributed by atoms with Gasteiger partial charge >= 0.3 is 0 Å². The van der Waals surface area contributed by atoms with Gasteiger partial charge in [0.05, 0.1) is 7.11 Å². The monoisotopic (exact) mass is 359 g/mol. The van der Waals surface area contributed by atoms with E-state index in [1.807, 2.05) is 6.07 Å². The smallest absolute Gasteiger partial charge is 0.276 e. The van der Waals surface area contributed by atoms with Crippen molar-refractivity contribution >= 4 is 29.1 Å². The highest BCUT2D eigenvalue weighted by Gasteiger charge is 2.09. The molecular weight excluding hydrogens is 342 g/mol. The lowest BCUT2D eigenvalue weighted by molar-refractivity contribution is -0.123. The number of benzene rings is 2. The van der Waals surface area contributed by atoms with Gasteiger partial charge in [0, 0.05) is 5.56 Å². The molecule has 0 aliphatic heterocycles. The zero-order valence-corrected chi connectivity index (χ0v) is 14.3. The molecule has 0 saturated carbocycles. The normalized spacial score (nSPS) is 9.64. The van der Waals surface area contributed by atoms with Gasteiger partial charge in [0.25, 0.3) is 11.8 Å².